The van der Waals surface area contributed by atoms with Gasteiger partial charge >= 0.3 is 11.9 Å². The summed E-state index contributed by atoms with van der Waals surface area (Å²) in [7, 11) is 0. The van der Waals surface area contributed by atoms with E-state index in [1.54, 1.807) is 19.1 Å². The van der Waals surface area contributed by atoms with Crippen LogP contribution in [0.15, 0.2) is 24.3 Å². The summed E-state index contributed by atoms with van der Waals surface area (Å²) in [6.07, 6.45) is 0. The Kier molecular flexibility index (Phi) is 5.54. The van der Waals surface area contributed by atoms with E-state index in [1.165, 1.54) is 12.1 Å². The number of thiazole rings is 1. The van der Waals surface area contributed by atoms with E-state index in [2.05, 4.69) is 15.3 Å². The van der Waals surface area contributed by atoms with Gasteiger partial charge in [0.05, 0.1) is 21.3 Å². The van der Waals surface area contributed by atoms with Crippen LogP contribution in [0.1, 0.15) is 36.2 Å². The summed E-state index contributed by atoms with van der Waals surface area (Å²) >= 11 is 13.3. The number of aromatic amines is 1. The molecule has 2 aromatic heterocycles. The molecule has 1 saturated carbocycles. The highest BCUT2D eigenvalue weighted by Gasteiger charge is 2.57. The van der Waals surface area contributed by atoms with Crippen LogP contribution in [0.25, 0.3) is 11.3 Å². The number of aromatic carboxylic acids is 2. The first-order valence-electron chi connectivity index (χ1n) is 10.3. The van der Waals surface area contributed by atoms with Gasteiger partial charge in [-0.3, -0.25) is 4.79 Å². The van der Waals surface area contributed by atoms with Gasteiger partial charge in [0.2, 0.25) is 0 Å². The quantitative estimate of drug-likeness (QED) is 0.385. The molecule has 0 spiro atoms. The van der Waals surface area contributed by atoms with Crippen molar-refractivity contribution in [2.45, 2.75) is 13.0 Å². The van der Waals surface area contributed by atoms with Crippen molar-refractivity contribution in [1.82, 2.24) is 15.3 Å². The van der Waals surface area contributed by atoms with Crippen LogP contribution in [-0.2, 0) is 0 Å². The van der Waals surface area contributed by atoms with Crippen LogP contribution < -0.4 is 10.2 Å². The van der Waals surface area contributed by atoms with Gasteiger partial charge in [0.15, 0.2) is 5.13 Å². The number of rotatable bonds is 6. The van der Waals surface area contributed by atoms with Gasteiger partial charge < -0.3 is 25.4 Å². The lowest BCUT2D eigenvalue weighted by Gasteiger charge is -2.19. The molecule has 0 bridgehead atoms. The number of anilines is 1. The number of hydrogen-bond acceptors (Lipinski definition) is 6. The summed E-state index contributed by atoms with van der Waals surface area (Å²) in [5.41, 5.74) is 1.61. The number of carboxylic acid groups (broad SMARTS) is 2. The average Bonchev–Trinajstić information content (AvgIpc) is 3.19. The minimum Gasteiger partial charge on any atom is -0.478 e. The van der Waals surface area contributed by atoms with Gasteiger partial charge in [-0.05, 0) is 19.1 Å². The molecule has 1 aromatic carbocycles. The van der Waals surface area contributed by atoms with Gasteiger partial charge in [0, 0.05) is 42.2 Å². The molecule has 0 radical (unpaired) electrons. The average molecular weight is 521 g/mol. The molecule has 1 saturated heterocycles. The lowest BCUT2D eigenvalue weighted by atomic mass is 10.1. The Bertz CT molecular complexity index is 1340. The van der Waals surface area contributed by atoms with Crippen LogP contribution in [0.2, 0.25) is 10.0 Å². The Morgan fingerprint density at radius 3 is 2.44 bits per heavy atom. The predicted octanol–water partition coefficient (Wildman–Crippen LogP) is 4.01. The zero-order valence-corrected chi connectivity index (χ0v) is 20.0. The highest BCUT2D eigenvalue weighted by atomic mass is 35.5. The number of nitrogens with one attached hydrogen (secondary N) is 2. The maximum Gasteiger partial charge on any atom is 0.348 e. The number of amides is 1. The fourth-order valence-corrected chi connectivity index (χ4v) is 5.79. The zero-order valence-electron chi connectivity index (χ0n) is 17.6. The highest BCUT2D eigenvalue weighted by molar-refractivity contribution is 7.17. The van der Waals surface area contributed by atoms with Crippen molar-refractivity contribution < 1.29 is 24.6 Å². The van der Waals surface area contributed by atoms with E-state index in [4.69, 9.17) is 23.2 Å². The largest absolute Gasteiger partial charge is 0.478 e. The fourth-order valence-electron chi connectivity index (χ4n) is 4.43. The third kappa shape index (κ3) is 3.81. The highest BCUT2D eigenvalue weighted by Crippen LogP contribution is 2.48. The van der Waals surface area contributed by atoms with Gasteiger partial charge in [-0.25, -0.2) is 14.6 Å². The molecule has 1 aliphatic carbocycles. The number of H-pyrrole nitrogens is 1. The van der Waals surface area contributed by atoms with E-state index >= 15 is 0 Å². The monoisotopic (exact) mass is 520 g/mol. The summed E-state index contributed by atoms with van der Waals surface area (Å²) in [5, 5.41) is 23.0. The van der Waals surface area contributed by atoms with Crippen molar-refractivity contribution in [3.63, 3.8) is 0 Å². The Morgan fingerprint density at radius 1 is 1.15 bits per heavy atom. The summed E-state index contributed by atoms with van der Waals surface area (Å²) < 4.78 is 0. The molecule has 9 nitrogen and oxygen atoms in total. The zero-order chi connectivity index (χ0) is 24.3. The number of nitrogens with zero attached hydrogens (tertiary/aromatic N) is 2. The number of benzene rings is 1. The van der Waals surface area contributed by atoms with Crippen LogP contribution in [-0.4, -0.2) is 57.2 Å². The van der Waals surface area contributed by atoms with E-state index in [1.807, 2.05) is 4.90 Å². The second-order valence-electron chi connectivity index (χ2n) is 8.35. The molecule has 3 aromatic rings. The van der Waals surface area contributed by atoms with E-state index in [0.29, 0.717) is 34.5 Å². The van der Waals surface area contributed by atoms with E-state index in [0.717, 1.165) is 11.3 Å². The Morgan fingerprint density at radius 2 is 1.85 bits per heavy atom. The molecule has 1 unspecified atom stereocenters. The smallest absolute Gasteiger partial charge is 0.348 e. The molecule has 5 rings (SSSR count). The number of aromatic nitrogens is 2. The summed E-state index contributed by atoms with van der Waals surface area (Å²) in [4.78, 5) is 45.3. The number of carbonyl (C=O) groups excluding carboxylic acids is 1. The molecule has 1 aliphatic heterocycles. The molecule has 34 heavy (non-hydrogen) atoms. The number of hydrogen-bond donors (Lipinski definition) is 4. The Labute approximate surface area is 207 Å². The molecule has 3 atom stereocenters. The topological polar surface area (TPSA) is 136 Å². The number of fused-ring (bicyclic) bond motifs is 1. The molecule has 1 amide bonds. The molecule has 2 fully saturated rings. The number of carboxylic acids is 2. The van der Waals surface area contributed by atoms with E-state index in [9.17, 15) is 24.6 Å². The maximum atomic E-state index is 12.6. The van der Waals surface area contributed by atoms with Crippen LogP contribution in [0, 0.1) is 18.8 Å². The lowest BCUT2D eigenvalue weighted by Crippen LogP contribution is -2.34. The maximum absolute atomic E-state index is 12.6. The molecular formula is C22H18Cl2N4O5S. The third-order valence-electron chi connectivity index (χ3n) is 6.24. The first-order chi connectivity index (χ1) is 16.2. The van der Waals surface area contributed by atoms with Gasteiger partial charge in [-0.1, -0.05) is 46.7 Å². The Balaban J connectivity index is 1.30. The standard InChI is InChI=1S/C22H18Cl2N4O5S/c1-8-13(23)14(24)17(25-8)19(29)26-16-11-6-28(7-12(11)16)22-27-15(18(34-22)21(32)33)9-3-2-4-10(5-9)20(30)31/h2-5,11-12,16,25H,6-7H2,1H3,(H,26,29)(H,30,31)(H,32,33)/t11-,12+,16?. The summed E-state index contributed by atoms with van der Waals surface area (Å²) in [6.45, 7) is 2.98. The van der Waals surface area contributed by atoms with Crippen molar-refractivity contribution >= 4 is 57.5 Å². The molecule has 12 heteroatoms. The summed E-state index contributed by atoms with van der Waals surface area (Å²) in [5.74, 6) is -2.10. The van der Waals surface area contributed by atoms with Gasteiger partial charge in [0.25, 0.3) is 5.91 Å². The second kappa shape index (κ2) is 8.30. The number of halogens is 2. The van der Waals surface area contributed by atoms with Crippen LogP contribution in [0.4, 0.5) is 5.13 Å². The lowest BCUT2D eigenvalue weighted by molar-refractivity contribution is 0.0689. The van der Waals surface area contributed by atoms with Crippen LogP contribution in [0.5, 0.6) is 0 Å². The first-order valence-corrected chi connectivity index (χ1v) is 11.9. The van der Waals surface area contributed by atoms with Crippen molar-refractivity contribution in [1.29, 1.82) is 0 Å². The number of piperidine rings is 1. The molecule has 4 N–H and O–H groups in total. The molecule has 176 valence electrons. The van der Waals surface area contributed by atoms with Crippen LogP contribution >= 0.6 is 34.5 Å². The minimum absolute atomic E-state index is 0.00665. The van der Waals surface area contributed by atoms with Crippen molar-refractivity contribution in [2.75, 3.05) is 18.0 Å². The van der Waals surface area contributed by atoms with Gasteiger partial charge in [0.1, 0.15) is 10.6 Å². The van der Waals surface area contributed by atoms with Crippen molar-refractivity contribution in [2.24, 2.45) is 11.8 Å². The first kappa shape index (κ1) is 22.7. The SMILES string of the molecule is Cc1[nH]c(C(=O)NC2[C@H]3CN(c4nc(-c5cccc(C(=O)O)c5)c(C(=O)O)s4)C[C@@H]23)c(Cl)c1Cl. The Hall–Kier alpha value is -3.08. The number of carbonyl (C=O) groups is 3. The fraction of sp³-hybridized carbons (Fsp3) is 0.273. The third-order valence-corrected chi connectivity index (χ3v) is 8.29. The van der Waals surface area contributed by atoms with Gasteiger partial charge in [-0.2, -0.15) is 0 Å². The second-order valence-corrected chi connectivity index (χ2v) is 10.1. The van der Waals surface area contributed by atoms with Crippen molar-refractivity contribution in [3.8, 4) is 11.3 Å². The van der Waals surface area contributed by atoms with Gasteiger partial charge in [-0.15, -0.1) is 0 Å². The van der Waals surface area contributed by atoms with Crippen LogP contribution in [0.3, 0.4) is 0 Å². The molecule has 2 aliphatic rings. The predicted molar refractivity (Wildman–Crippen MR) is 127 cm³/mol. The molecule has 3 heterocycles. The number of aryl methyl sites for hydroxylation is 1. The minimum atomic E-state index is -1.12. The van der Waals surface area contributed by atoms with E-state index in [-0.39, 0.29) is 50.6 Å². The normalized spacial score (nSPS) is 20.8. The van der Waals surface area contributed by atoms with Crippen molar-refractivity contribution in [3.05, 3.63) is 56.1 Å². The summed E-state index contributed by atoms with van der Waals surface area (Å²) in [6, 6.07) is 6.06. The van der Waals surface area contributed by atoms with E-state index < -0.39 is 11.9 Å². The molecular weight excluding hydrogens is 503 g/mol.